The number of urea groups is 1. The van der Waals surface area contributed by atoms with E-state index in [-0.39, 0.29) is 24.3 Å². The number of nitrogens with one attached hydrogen (secondary N) is 3. The number of carbonyl (C=O) groups is 2. The summed E-state index contributed by atoms with van der Waals surface area (Å²) in [6.07, 6.45) is 27.7. The molecule has 3 N–H and O–H groups in total. The first-order chi connectivity index (χ1) is 18.7. The summed E-state index contributed by atoms with van der Waals surface area (Å²) in [5.41, 5.74) is 0. The number of rotatable bonds is 27. The normalized spacial score (nSPS) is 15.8. The molecule has 0 aromatic carbocycles. The maximum atomic E-state index is 11.5. The Kier molecular flexibility index (Phi) is 23.1. The van der Waals surface area contributed by atoms with Gasteiger partial charge >= 0.3 is 6.03 Å². The maximum Gasteiger partial charge on any atom is 0.322 e. The fraction of sp³-hybridized carbons (Fsp3) is 0.806. The molecule has 0 spiro atoms. The zero-order valence-corrected chi connectivity index (χ0v) is 24.4. The summed E-state index contributed by atoms with van der Waals surface area (Å²) in [5, 5.41) is 8.42. The van der Waals surface area contributed by atoms with Gasteiger partial charge in [-0.1, -0.05) is 57.4 Å². The Morgan fingerprint density at radius 1 is 0.737 bits per heavy atom. The van der Waals surface area contributed by atoms with Crippen molar-refractivity contribution in [3.63, 3.8) is 0 Å². The van der Waals surface area contributed by atoms with Gasteiger partial charge in [0.15, 0.2) is 6.29 Å². The third-order valence-corrected chi connectivity index (χ3v) is 6.69. The van der Waals surface area contributed by atoms with Crippen LogP contribution in [0.25, 0.3) is 0 Å². The molecule has 0 saturated carbocycles. The van der Waals surface area contributed by atoms with Crippen LogP contribution >= 0.6 is 0 Å². The molecular weight excluding hydrogens is 478 g/mol. The van der Waals surface area contributed by atoms with Crippen LogP contribution in [0.4, 0.5) is 4.79 Å². The van der Waals surface area contributed by atoms with Crippen molar-refractivity contribution in [3.05, 3.63) is 24.3 Å². The average molecular weight is 536 g/mol. The van der Waals surface area contributed by atoms with Crippen LogP contribution in [-0.4, -0.2) is 50.6 Å². The van der Waals surface area contributed by atoms with Gasteiger partial charge < -0.3 is 20.1 Å². The van der Waals surface area contributed by atoms with Crippen molar-refractivity contribution in [2.45, 2.75) is 135 Å². The van der Waals surface area contributed by atoms with Gasteiger partial charge in [-0.3, -0.25) is 10.1 Å². The van der Waals surface area contributed by atoms with E-state index in [2.05, 4.69) is 54.1 Å². The molecule has 0 aliphatic carbocycles. The van der Waals surface area contributed by atoms with Crippen LogP contribution in [0.15, 0.2) is 24.3 Å². The van der Waals surface area contributed by atoms with E-state index in [9.17, 15) is 9.59 Å². The highest BCUT2D eigenvalue weighted by atomic mass is 16.7. The lowest BCUT2D eigenvalue weighted by atomic mass is 10.1. The number of hydrogen-bond donors (Lipinski definition) is 3. The fourth-order valence-electron chi connectivity index (χ4n) is 4.42. The van der Waals surface area contributed by atoms with E-state index in [0.29, 0.717) is 6.42 Å². The highest BCUT2D eigenvalue weighted by Gasteiger charge is 2.28. The molecule has 0 bridgehead atoms. The highest BCUT2D eigenvalue weighted by Crippen LogP contribution is 2.13. The predicted molar refractivity (Wildman–Crippen MR) is 157 cm³/mol. The third-order valence-electron chi connectivity index (χ3n) is 6.69. The van der Waals surface area contributed by atoms with Crippen LogP contribution in [0.2, 0.25) is 0 Å². The second-order valence-electron chi connectivity index (χ2n) is 10.2. The summed E-state index contributed by atoms with van der Waals surface area (Å²) in [6, 6.07) is -0.718. The zero-order chi connectivity index (χ0) is 27.5. The van der Waals surface area contributed by atoms with Crippen LogP contribution < -0.4 is 16.0 Å². The molecule has 7 heteroatoms. The summed E-state index contributed by atoms with van der Waals surface area (Å²) in [4.78, 5) is 22.6. The molecule has 1 saturated heterocycles. The number of hydrogen-bond acceptors (Lipinski definition) is 5. The Morgan fingerprint density at radius 3 is 1.89 bits per heavy atom. The number of imide groups is 1. The van der Waals surface area contributed by atoms with Crippen molar-refractivity contribution in [1.29, 1.82) is 0 Å². The van der Waals surface area contributed by atoms with Crippen LogP contribution in [0, 0.1) is 0 Å². The summed E-state index contributed by atoms with van der Waals surface area (Å²) in [7, 11) is 0. The van der Waals surface area contributed by atoms with Crippen LogP contribution in [0.1, 0.15) is 123 Å². The van der Waals surface area contributed by atoms with Gasteiger partial charge in [-0.2, -0.15) is 0 Å². The van der Waals surface area contributed by atoms with Crippen LogP contribution in [-0.2, 0) is 14.3 Å². The lowest BCUT2D eigenvalue weighted by molar-refractivity contribution is -0.147. The Balaban J connectivity index is 2.03. The van der Waals surface area contributed by atoms with E-state index >= 15 is 0 Å². The number of ether oxygens (including phenoxy) is 2. The lowest BCUT2D eigenvalue weighted by Crippen LogP contribution is -2.28. The third kappa shape index (κ3) is 20.3. The molecule has 1 fully saturated rings. The molecule has 0 aromatic heterocycles. The van der Waals surface area contributed by atoms with Crippen molar-refractivity contribution in [3.8, 4) is 0 Å². The van der Waals surface area contributed by atoms with Crippen molar-refractivity contribution >= 4 is 11.9 Å². The molecule has 1 rings (SSSR count). The maximum absolute atomic E-state index is 11.5. The number of amides is 3. The zero-order valence-electron chi connectivity index (χ0n) is 24.4. The van der Waals surface area contributed by atoms with Gasteiger partial charge in [-0.05, 0) is 103 Å². The number of carbonyl (C=O) groups excluding carboxylic acids is 2. The minimum Gasteiger partial charge on any atom is -0.353 e. The van der Waals surface area contributed by atoms with E-state index in [4.69, 9.17) is 9.47 Å². The Morgan fingerprint density at radius 2 is 1.32 bits per heavy atom. The quantitative estimate of drug-likeness (QED) is 0.0459. The van der Waals surface area contributed by atoms with Gasteiger partial charge in [0, 0.05) is 13.2 Å². The second-order valence-corrected chi connectivity index (χ2v) is 10.2. The lowest BCUT2D eigenvalue weighted by Gasteiger charge is -2.19. The van der Waals surface area contributed by atoms with Gasteiger partial charge in [0.2, 0.25) is 0 Å². The Bertz CT molecular complexity index is 615. The minimum absolute atomic E-state index is 0.0577. The largest absolute Gasteiger partial charge is 0.353 e. The molecule has 3 amide bonds. The van der Waals surface area contributed by atoms with Gasteiger partial charge in [-0.25, -0.2) is 4.79 Å². The van der Waals surface area contributed by atoms with Crippen molar-refractivity contribution in [2.75, 3.05) is 26.3 Å². The van der Waals surface area contributed by atoms with Crippen molar-refractivity contribution in [2.24, 2.45) is 0 Å². The Hall–Kier alpha value is -1.70. The summed E-state index contributed by atoms with van der Waals surface area (Å²) in [6.45, 7) is 7.92. The molecule has 1 atom stereocenters. The summed E-state index contributed by atoms with van der Waals surface area (Å²) < 4.78 is 12.2. The van der Waals surface area contributed by atoms with E-state index in [1.807, 2.05) is 0 Å². The smallest absolute Gasteiger partial charge is 0.322 e. The van der Waals surface area contributed by atoms with Gasteiger partial charge in [-0.15, -0.1) is 0 Å². The minimum atomic E-state index is -0.370. The Labute approximate surface area is 233 Å². The van der Waals surface area contributed by atoms with Crippen molar-refractivity contribution < 1.29 is 19.1 Å². The first-order valence-electron chi connectivity index (χ1n) is 15.5. The van der Waals surface area contributed by atoms with Crippen LogP contribution in [0.3, 0.4) is 0 Å². The number of allylic oxidation sites excluding steroid dienone is 4. The summed E-state index contributed by atoms with van der Waals surface area (Å²) in [5.74, 6) is -0.196. The molecule has 0 aromatic rings. The number of unbranched alkanes of at least 4 members (excludes halogenated alkanes) is 9. The fourth-order valence-corrected chi connectivity index (χ4v) is 4.42. The average Bonchev–Trinajstić information content (AvgIpc) is 3.23. The van der Waals surface area contributed by atoms with E-state index < -0.39 is 0 Å². The standard InChI is InChI=1S/C31H57N3O4/c1-3-5-7-9-14-20-26-37-29(38-27-21-15-10-8-6-4-2)23-16-12-11-13-18-24-32-25-19-17-22-28-30(35)34-31(36)33-28/h5-8,28-29,32H,3-4,9-27H2,1-2H3,(H2,33,34,35,36)/b7-5-,8-6-. The van der Waals surface area contributed by atoms with Gasteiger partial charge in [0.1, 0.15) is 6.04 Å². The van der Waals surface area contributed by atoms with Crippen LogP contribution in [0.5, 0.6) is 0 Å². The molecular formula is C31H57N3O4. The van der Waals surface area contributed by atoms with Gasteiger partial charge in [0.05, 0.1) is 0 Å². The highest BCUT2D eigenvalue weighted by molar-refractivity contribution is 6.04. The van der Waals surface area contributed by atoms with E-state index in [0.717, 1.165) is 90.5 Å². The molecule has 1 aliphatic rings. The first kappa shape index (κ1) is 34.3. The predicted octanol–water partition coefficient (Wildman–Crippen LogP) is 6.93. The molecule has 0 radical (unpaired) electrons. The monoisotopic (exact) mass is 535 g/mol. The topological polar surface area (TPSA) is 88.7 Å². The molecule has 220 valence electrons. The molecule has 38 heavy (non-hydrogen) atoms. The SMILES string of the molecule is CC/C=C\CCCCOC(CCCCCCCNCCCCC1NC(=O)NC1=O)OCCCC/C=C\CC. The van der Waals surface area contributed by atoms with Gasteiger partial charge in [0.25, 0.3) is 5.91 Å². The molecule has 1 unspecified atom stereocenters. The molecule has 1 aliphatic heterocycles. The molecule has 1 heterocycles. The van der Waals surface area contributed by atoms with E-state index in [1.165, 1.54) is 38.5 Å². The second kappa shape index (κ2) is 25.6. The van der Waals surface area contributed by atoms with E-state index in [1.54, 1.807) is 0 Å². The first-order valence-corrected chi connectivity index (χ1v) is 15.5. The van der Waals surface area contributed by atoms with Crippen molar-refractivity contribution in [1.82, 2.24) is 16.0 Å². The summed E-state index contributed by atoms with van der Waals surface area (Å²) >= 11 is 0. The molecule has 7 nitrogen and oxygen atoms in total.